The van der Waals surface area contributed by atoms with Crippen LogP contribution in [0.4, 0.5) is 0 Å². The Kier molecular flexibility index (Phi) is 5.73. The Morgan fingerprint density at radius 1 is 1.56 bits per heavy atom. The molecule has 1 radical (unpaired) electrons. The van der Waals surface area contributed by atoms with Gasteiger partial charge in [-0.3, -0.25) is 4.79 Å². The van der Waals surface area contributed by atoms with Crippen LogP contribution in [0.1, 0.15) is 32.6 Å². The highest BCUT2D eigenvalue weighted by molar-refractivity contribution is 7.80. The average molecular weight is 143 g/mol. The van der Waals surface area contributed by atoms with Gasteiger partial charge in [0.1, 0.15) is 5.37 Å². The molecule has 0 aliphatic heterocycles. The molecule has 0 rings (SSSR count). The van der Waals surface area contributed by atoms with Gasteiger partial charge in [0.2, 0.25) is 0 Å². The minimum absolute atomic E-state index is 0.0292. The smallest absolute Gasteiger partial charge is 0.175 e. The summed E-state index contributed by atoms with van der Waals surface area (Å²) in [6.07, 6.45) is 3.80. The quantitative estimate of drug-likeness (QED) is 0.432. The van der Waals surface area contributed by atoms with Gasteiger partial charge in [0, 0.05) is 6.42 Å². The van der Waals surface area contributed by atoms with E-state index in [2.05, 4.69) is 24.5 Å². The lowest BCUT2D eigenvalue weighted by atomic mass is 10.2. The summed E-state index contributed by atoms with van der Waals surface area (Å²) in [6, 6.07) is 0. The van der Waals surface area contributed by atoms with Gasteiger partial charge < -0.3 is 0 Å². The predicted molar refractivity (Wildman–Crippen MR) is 41.7 cm³/mol. The maximum atomic E-state index is 10.5. The molecule has 51 valence electrons. The van der Waals surface area contributed by atoms with Crippen LogP contribution in [0.25, 0.3) is 0 Å². The van der Waals surface area contributed by atoms with Crippen LogP contribution >= 0.6 is 12.2 Å². The Balaban J connectivity index is 3.07. The fourth-order valence-corrected chi connectivity index (χ4v) is 0.689. The van der Waals surface area contributed by atoms with Gasteiger partial charge in [-0.2, -0.15) is 0 Å². The van der Waals surface area contributed by atoms with E-state index in [9.17, 15) is 4.79 Å². The van der Waals surface area contributed by atoms with Crippen LogP contribution in [0.5, 0.6) is 0 Å². The van der Waals surface area contributed by atoms with Crippen LogP contribution in [0.2, 0.25) is 0 Å². The first-order valence-corrected chi connectivity index (χ1v) is 3.63. The summed E-state index contributed by atoms with van der Waals surface area (Å²) in [5.41, 5.74) is 0. The van der Waals surface area contributed by atoms with Crippen LogP contribution in [0, 0.1) is 0 Å². The fourth-order valence-electron chi connectivity index (χ4n) is 0.587. The van der Waals surface area contributed by atoms with E-state index in [1.807, 2.05) is 0 Å². The van der Waals surface area contributed by atoms with Crippen LogP contribution < -0.4 is 0 Å². The van der Waals surface area contributed by atoms with Crippen molar-refractivity contribution in [1.82, 2.24) is 0 Å². The van der Waals surface area contributed by atoms with Crippen molar-refractivity contribution in [3.8, 4) is 0 Å². The Labute approximate surface area is 61.4 Å². The second-order valence-corrected chi connectivity index (χ2v) is 2.19. The number of ketones is 1. The number of unbranched alkanes of at least 4 members (excludes halogenated alkanes) is 2. The van der Waals surface area contributed by atoms with E-state index in [4.69, 9.17) is 0 Å². The molecular formula is C7H11OS. The van der Waals surface area contributed by atoms with E-state index in [1.165, 1.54) is 0 Å². The van der Waals surface area contributed by atoms with E-state index in [1.54, 1.807) is 0 Å². The van der Waals surface area contributed by atoms with Crippen LogP contribution in [0.15, 0.2) is 0 Å². The number of Topliss-reactive ketones (excluding diaryl/α,β-unsaturated/α-hetero) is 1. The van der Waals surface area contributed by atoms with E-state index in [0.717, 1.165) is 19.3 Å². The van der Waals surface area contributed by atoms with Crippen molar-refractivity contribution in [3.05, 3.63) is 0 Å². The largest absolute Gasteiger partial charge is 0.293 e. The fraction of sp³-hybridized carbons (Fsp3) is 0.714. The number of carbonyl (C=O) groups is 1. The first-order chi connectivity index (χ1) is 4.31. The normalized spacial score (nSPS) is 9.00. The molecule has 0 amide bonds. The third-order valence-corrected chi connectivity index (χ3v) is 1.35. The Hall–Kier alpha value is -0.240. The molecule has 0 atom stereocenters. The van der Waals surface area contributed by atoms with E-state index < -0.39 is 0 Å². The zero-order valence-electron chi connectivity index (χ0n) is 5.64. The molecule has 0 N–H and O–H groups in total. The monoisotopic (exact) mass is 143 g/mol. The van der Waals surface area contributed by atoms with Crippen molar-refractivity contribution < 1.29 is 4.79 Å². The second kappa shape index (κ2) is 5.89. The molecule has 0 saturated carbocycles. The minimum atomic E-state index is -0.0292. The van der Waals surface area contributed by atoms with Crippen molar-refractivity contribution in [1.29, 1.82) is 0 Å². The Morgan fingerprint density at radius 2 is 2.22 bits per heavy atom. The Bertz CT molecular complexity index is 99.1. The summed E-state index contributed by atoms with van der Waals surface area (Å²) in [5, 5.41) is 2.17. The lowest BCUT2D eigenvalue weighted by Gasteiger charge is -1.90. The number of thiocarbonyl (C=S) groups is 1. The van der Waals surface area contributed by atoms with Crippen LogP contribution in [-0.4, -0.2) is 11.2 Å². The van der Waals surface area contributed by atoms with E-state index in [0.29, 0.717) is 6.42 Å². The molecule has 0 aliphatic rings. The molecular weight excluding hydrogens is 132 g/mol. The molecule has 9 heavy (non-hydrogen) atoms. The van der Waals surface area contributed by atoms with Crippen molar-refractivity contribution in [2.75, 3.05) is 0 Å². The van der Waals surface area contributed by atoms with Gasteiger partial charge in [0.05, 0.1) is 0 Å². The summed E-state index contributed by atoms with van der Waals surface area (Å²) in [7, 11) is 0. The highest BCUT2D eigenvalue weighted by Gasteiger charge is 1.94. The highest BCUT2D eigenvalue weighted by atomic mass is 32.1. The second-order valence-electron chi connectivity index (χ2n) is 1.98. The van der Waals surface area contributed by atoms with Gasteiger partial charge in [-0.1, -0.05) is 32.0 Å². The number of rotatable bonds is 5. The summed E-state index contributed by atoms with van der Waals surface area (Å²) >= 11 is 4.32. The van der Waals surface area contributed by atoms with Gasteiger partial charge in [0.15, 0.2) is 5.78 Å². The summed E-state index contributed by atoms with van der Waals surface area (Å²) in [5.74, 6) is -0.0292. The predicted octanol–water partition coefficient (Wildman–Crippen LogP) is 2.01. The van der Waals surface area contributed by atoms with Crippen LogP contribution in [0.3, 0.4) is 0 Å². The van der Waals surface area contributed by atoms with Gasteiger partial charge in [-0.25, -0.2) is 0 Å². The van der Waals surface area contributed by atoms with Crippen molar-refractivity contribution in [2.45, 2.75) is 32.6 Å². The molecule has 0 saturated heterocycles. The molecule has 0 aromatic heterocycles. The molecule has 0 bridgehead atoms. The molecule has 0 aromatic rings. The van der Waals surface area contributed by atoms with E-state index in [-0.39, 0.29) is 5.78 Å². The van der Waals surface area contributed by atoms with Gasteiger partial charge in [0.25, 0.3) is 0 Å². The average Bonchev–Trinajstić information content (AvgIpc) is 1.89. The van der Waals surface area contributed by atoms with Crippen molar-refractivity contribution >= 4 is 23.4 Å². The lowest BCUT2D eigenvalue weighted by molar-refractivity contribution is -0.112. The zero-order valence-corrected chi connectivity index (χ0v) is 6.46. The minimum Gasteiger partial charge on any atom is -0.293 e. The third kappa shape index (κ3) is 5.63. The third-order valence-electron chi connectivity index (χ3n) is 1.12. The molecule has 0 fully saturated rings. The van der Waals surface area contributed by atoms with Crippen molar-refractivity contribution in [3.63, 3.8) is 0 Å². The molecule has 0 aliphatic carbocycles. The molecule has 0 heterocycles. The summed E-state index contributed by atoms with van der Waals surface area (Å²) in [6.45, 7) is 2.10. The van der Waals surface area contributed by atoms with Crippen LogP contribution in [-0.2, 0) is 4.79 Å². The molecule has 1 nitrogen and oxygen atoms in total. The van der Waals surface area contributed by atoms with Crippen molar-refractivity contribution in [2.24, 2.45) is 0 Å². The van der Waals surface area contributed by atoms with E-state index >= 15 is 0 Å². The number of hydrogen-bond acceptors (Lipinski definition) is 2. The first-order valence-electron chi connectivity index (χ1n) is 3.22. The lowest BCUT2D eigenvalue weighted by Crippen LogP contribution is -1.95. The molecule has 2 heteroatoms. The maximum absolute atomic E-state index is 10.5. The van der Waals surface area contributed by atoms with Gasteiger partial charge in [-0.05, 0) is 6.42 Å². The Morgan fingerprint density at radius 3 is 2.67 bits per heavy atom. The highest BCUT2D eigenvalue weighted by Crippen LogP contribution is 1.97. The number of hydrogen-bond donors (Lipinski definition) is 0. The summed E-state index contributed by atoms with van der Waals surface area (Å²) in [4.78, 5) is 10.5. The van der Waals surface area contributed by atoms with Gasteiger partial charge >= 0.3 is 0 Å². The zero-order chi connectivity index (χ0) is 7.11. The summed E-state index contributed by atoms with van der Waals surface area (Å²) < 4.78 is 0. The topological polar surface area (TPSA) is 17.1 Å². The SMILES string of the molecule is CCCCCC(=O)[C]=S. The first kappa shape index (κ1) is 8.76. The number of carbonyl (C=O) groups excluding carboxylic acids is 1. The molecule has 0 aromatic carbocycles. The maximum Gasteiger partial charge on any atom is 0.175 e. The van der Waals surface area contributed by atoms with Gasteiger partial charge in [-0.15, -0.1) is 0 Å². The molecule has 0 spiro atoms. The standard InChI is InChI=1S/C7H11OS/c1-2-3-4-5-7(8)6-9/h2-5H2,1H3. The molecule has 0 unspecified atom stereocenters.